The van der Waals surface area contributed by atoms with Crippen molar-refractivity contribution in [3.8, 4) is 0 Å². The molecule has 0 spiro atoms. The monoisotopic (exact) mass is 222 g/mol. The predicted octanol–water partition coefficient (Wildman–Crippen LogP) is 3.94. The summed E-state index contributed by atoms with van der Waals surface area (Å²) in [5, 5.41) is 0.748. The third kappa shape index (κ3) is 1.93. The highest BCUT2D eigenvalue weighted by molar-refractivity contribution is 6.31. The van der Waals surface area contributed by atoms with Crippen LogP contribution in [0.3, 0.4) is 0 Å². The molecule has 15 heavy (non-hydrogen) atoms. The maximum atomic E-state index is 12.1. The fourth-order valence-electron chi connectivity index (χ4n) is 1.94. The van der Waals surface area contributed by atoms with Gasteiger partial charge in [0.2, 0.25) is 0 Å². The molecule has 1 nitrogen and oxygen atoms in total. The lowest BCUT2D eigenvalue weighted by Crippen LogP contribution is -2.22. The Balaban J connectivity index is 2.34. The van der Waals surface area contributed by atoms with Crippen molar-refractivity contribution in [1.82, 2.24) is 0 Å². The number of rotatable bonds is 2. The Labute approximate surface area is 95.4 Å². The summed E-state index contributed by atoms with van der Waals surface area (Å²) < 4.78 is 0. The van der Waals surface area contributed by atoms with Gasteiger partial charge in [0.15, 0.2) is 5.78 Å². The molecule has 1 aromatic rings. The number of Topliss-reactive ketones (excluding diaryl/α,β-unsaturated/α-hetero) is 1. The van der Waals surface area contributed by atoms with Crippen LogP contribution in [0.15, 0.2) is 12.1 Å². The third-order valence-corrected chi connectivity index (χ3v) is 3.65. The standard InChI is InChI=1S/C13H15ClO/c1-8-7-12(14)9(2)6-11(8)13(15)10-4-3-5-10/h6-7,10H,3-5H2,1-2H3. The molecular formula is C13H15ClO. The molecular weight excluding hydrogens is 208 g/mol. The summed E-state index contributed by atoms with van der Waals surface area (Å²) in [7, 11) is 0. The zero-order chi connectivity index (χ0) is 11.0. The fraction of sp³-hybridized carbons (Fsp3) is 0.462. The van der Waals surface area contributed by atoms with E-state index >= 15 is 0 Å². The van der Waals surface area contributed by atoms with Crippen LogP contribution in [0.2, 0.25) is 5.02 Å². The van der Waals surface area contributed by atoms with Gasteiger partial charge in [-0.2, -0.15) is 0 Å². The van der Waals surface area contributed by atoms with E-state index in [1.54, 1.807) is 0 Å². The minimum Gasteiger partial charge on any atom is -0.294 e. The highest BCUT2D eigenvalue weighted by Gasteiger charge is 2.27. The normalized spacial score (nSPS) is 16.2. The van der Waals surface area contributed by atoms with Crippen molar-refractivity contribution < 1.29 is 4.79 Å². The molecule has 0 bridgehead atoms. The highest BCUT2D eigenvalue weighted by Crippen LogP contribution is 2.32. The van der Waals surface area contributed by atoms with E-state index < -0.39 is 0 Å². The van der Waals surface area contributed by atoms with E-state index in [0.717, 1.165) is 34.6 Å². The number of benzene rings is 1. The third-order valence-electron chi connectivity index (χ3n) is 3.25. The molecule has 1 aliphatic carbocycles. The maximum absolute atomic E-state index is 12.1. The molecule has 0 radical (unpaired) electrons. The molecule has 0 aliphatic heterocycles. The number of hydrogen-bond donors (Lipinski definition) is 0. The molecule has 0 unspecified atom stereocenters. The van der Waals surface area contributed by atoms with Crippen LogP contribution in [0.4, 0.5) is 0 Å². The Bertz CT molecular complexity index is 405. The van der Waals surface area contributed by atoms with Gasteiger partial charge in [-0.25, -0.2) is 0 Å². The average molecular weight is 223 g/mol. The van der Waals surface area contributed by atoms with Crippen molar-refractivity contribution in [3.05, 3.63) is 33.8 Å². The molecule has 0 amide bonds. The Kier molecular flexibility index (Phi) is 2.83. The second kappa shape index (κ2) is 3.97. The minimum atomic E-state index is 0.268. The van der Waals surface area contributed by atoms with Gasteiger partial charge in [-0.1, -0.05) is 18.0 Å². The van der Waals surface area contributed by atoms with Crippen LogP contribution in [-0.2, 0) is 0 Å². The molecule has 0 saturated heterocycles. The summed E-state index contributed by atoms with van der Waals surface area (Å²) in [5.41, 5.74) is 2.86. The molecule has 0 heterocycles. The lowest BCUT2D eigenvalue weighted by Gasteiger charge is -2.24. The lowest BCUT2D eigenvalue weighted by atomic mass is 9.79. The van der Waals surface area contributed by atoms with E-state index in [9.17, 15) is 4.79 Å². The van der Waals surface area contributed by atoms with Crippen molar-refractivity contribution in [2.45, 2.75) is 33.1 Å². The minimum absolute atomic E-state index is 0.268. The first-order valence-corrected chi connectivity index (χ1v) is 5.78. The summed E-state index contributed by atoms with van der Waals surface area (Å²) in [6.07, 6.45) is 3.31. The number of halogens is 1. The number of aryl methyl sites for hydroxylation is 2. The van der Waals surface area contributed by atoms with Crippen LogP contribution in [0.1, 0.15) is 40.7 Å². The van der Waals surface area contributed by atoms with Crippen molar-refractivity contribution in [3.63, 3.8) is 0 Å². The van der Waals surface area contributed by atoms with Crippen molar-refractivity contribution in [1.29, 1.82) is 0 Å². The number of ketones is 1. The zero-order valence-electron chi connectivity index (χ0n) is 9.14. The molecule has 2 heteroatoms. The van der Waals surface area contributed by atoms with Gasteiger partial charge in [-0.3, -0.25) is 4.79 Å². The van der Waals surface area contributed by atoms with Gasteiger partial charge < -0.3 is 0 Å². The quantitative estimate of drug-likeness (QED) is 0.693. The number of hydrogen-bond acceptors (Lipinski definition) is 1. The summed E-state index contributed by atoms with van der Waals surface area (Å²) in [4.78, 5) is 12.1. The summed E-state index contributed by atoms with van der Waals surface area (Å²) in [5.74, 6) is 0.572. The van der Waals surface area contributed by atoms with E-state index in [2.05, 4.69) is 0 Å². The Morgan fingerprint density at radius 3 is 2.47 bits per heavy atom. The van der Waals surface area contributed by atoms with Crippen LogP contribution in [0.25, 0.3) is 0 Å². The predicted molar refractivity (Wildman–Crippen MR) is 62.6 cm³/mol. The van der Waals surface area contributed by atoms with Crippen LogP contribution in [-0.4, -0.2) is 5.78 Å². The van der Waals surface area contributed by atoms with Gasteiger partial charge in [-0.05, 0) is 49.9 Å². The molecule has 1 aromatic carbocycles. The summed E-state index contributed by atoms with van der Waals surface area (Å²) in [6, 6.07) is 3.82. The SMILES string of the molecule is Cc1cc(C(=O)C2CCC2)c(C)cc1Cl. The first kappa shape index (κ1) is 10.7. The highest BCUT2D eigenvalue weighted by atomic mass is 35.5. The van der Waals surface area contributed by atoms with E-state index in [-0.39, 0.29) is 5.92 Å². The lowest BCUT2D eigenvalue weighted by molar-refractivity contribution is 0.0854. The van der Waals surface area contributed by atoms with Crippen molar-refractivity contribution in [2.75, 3.05) is 0 Å². The average Bonchev–Trinajstić information content (AvgIpc) is 2.08. The molecule has 1 fully saturated rings. The van der Waals surface area contributed by atoms with Crippen LogP contribution in [0.5, 0.6) is 0 Å². The van der Waals surface area contributed by atoms with Crippen molar-refractivity contribution in [2.24, 2.45) is 5.92 Å². The Morgan fingerprint density at radius 2 is 1.93 bits per heavy atom. The van der Waals surface area contributed by atoms with Gasteiger partial charge in [-0.15, -0.1) is 0 Å². The van der Waals surface area contributed by atoms with E-state index in [4.69, 9.17) is 11.6 Å². The van der Waals surface area contributed by atoms with Gasteiger partial charge in [0.25, 0.3) is 0 Å². The van der Waals surface area contributed by atoms with Gasteiger partial charge >= 0.3 is 0 Å². The van der Waals surface area contributed by atoms with Gasteiger partial charge in [0, 0.05) is 16.5 Å². The smallest absolute Gasteiger partial charge is 0.166 e. The van der Waals surface area contributed by atoms with Crippen LogP contribution < -0.4 is 0 Å². The second-order valence-electron chi connectivity index (χ2n) is 4.41. The molecule has 1 aliphatic rings. The largest absolute Gasteiger partial charge is 0.294 e. The summed E-state index contributed by atoms with van der Waals surface area (Å²) in [6.45, 7) is 3.90. The molecule has 0 aromatic heterocycles. The van der Waals surface area contributed by atoms with Gasteiger partial charge in [0.1, 0.15) is 0 Å². The first-order chi connectivity index (χ1) is 7.09. The maximum Gasteiger partial charge on any atom is 0.166 e. The van der Waals surface area contributed by atoms with Crippen LogP contribution in [0, 0.1) is 19.8 Å². The second-order valence-corrected chi connectivity index (χ2v) is 4.82. The van der Waals surface area contributed by atoms with E-state index in [1.807, 2.05) is 26.0 Å². The van der Waals surface area contributed by atoms with E-state index in [0.29, 0.717) is 5.78 Å². The fourth-order valence-corrected chi connectivity index (χ4v) is 2.15. The molecule has 0 atom stereocenters. The van der Waals surface area contributed by atoms with Crippen LogP contribution >= 0.6 is 11.6 Å². The molecule has 2 rings (SSSR count). The number of carbonyl (C=O) groups is 1. The Hall–Kier alpha value is -0.820. The first-order valence-electron chi connectivity index (χ1n) is 5.40. The number of carbonyl (C=O) groups excluding carboxylic acids is 1. The van der Waals surface area contributed by atoms with Crippen molar-refractivity contribution >= 4 is 17.4 Å². The molecule has 0 N–H and O–H groups in total. The Morgan fingerprint density at radius 1 is 1.27 bits per heavy atom. The van der Waals surface area contributed by atoms with E-state index in [1.165, 1.54) is 6.42 Å². The molecule has 1 saturated carbocycles. The molecule has 80 valence electrons. The topological polar surface area (TPSA) is 17.1 Å². The zero-order valence-corrected chi connectivity index (χ0v) is 9.90. The van der Waals surface area contributed by atoms with Gasteiger partial charge in [0.05, 0.1) is 0 Å². The summed E-state index contributed by atoms with van der Waals surface area (Å²) >= 11 is 6.01.